The molecule has 4 nitrogen and oxygen atoms in total. The fourth-order valence-corrected chi connectivity index (χ4v) is 13.4. The second kappa shape index (κ2) is 11.1. The lowest BCUT2D eigenvalue weighted by Crippen LogP contribution is -2.49. The summed E-state index contributed by atoms with van der Waals surface area (Å²) in [5, 5.41) is 0. The molecule has 0 radical (unpaired) electrons. The molecule has 38 heavy (non-hydrogen) atoms. The van der Waals surface area contributed by atoms with Gasteiger partial charge in [0, 0.05) is 23.2 Å². The second-order valence-electron chi connectivity index (χ2n) is 13.2. The van der Waals surface area contributed by atoms with E-state index in [-0.39, 0.29) is 12.2 Å². The van der Waals surface area contributed by atoms with Gasteiger partial charge in [-0.15, -0.1) is 0 Å². The van der Waals surface area contributed by atoms with Gasteiger partial charge in [0.25, 0.3) is 0 Å². The van der Waals surface area contributed by atoms with Crippen molar-refractivity contribution in [1.82, 2.24) is 0 Å². The van der Waals surface area contributed by atoms with Crippen molar-refractivity contribution in [2.24, 2.45) is 35.5 Å². The normalized spacial score (nSPS) is 44.0. The van der Waals surface area contributed by atoms with Gasteiger partial charge < -0.3 is 9.47 Å². The van der Waals surface area contributed by atoms with Gasteiger partial charge in [0.15, 0.2) is 11.0 Å². The molecule has 0 amide bonds. The van der Waals surface area contributed by atoms with E-state index in [2.05, 4.69) is 24.3 Å². The van der Waals surface area contributed by atoms with Crippen LogP contribution in [-0.4, -0.2) is 34.6 Å². The molecule has 4 aliphatic carbocycles. The summed E-state index contributed by atoms with van der Waals surface area (Å²) >= 11 is 0. The smallest absolute Gasteiger partial charge is 0.155 e. The van der Waals surface area contributed by atoms with Crippen molar-refractivity contribution < 1.29 is 19.1 Å². The van der Waals surface area contributed by atoms with Gasteiger partial charge in [-0.05, 0) is 129 Å². The van der Waals surface area contributed by atoms with Crippen LogP contribution in [0.1, 0.15) is 89.9 Å². The van der Waals surface area contributed by atoms with Gasteiger partial charge in [0.05, 0.1) is 0 Å². The third-order valence-corrected chi connectivity index (χ3v) is 14.8. The highest BCUT2D eigenvalue weighted by Gasteiger charge is 2.50. The molecule has 0 spiro atoms. The summed E-state index contributed by atoms with van der Waals surface area (Å²) in [5.74, 6) is 5.10. The second-order valence-corrected chi connectivity index (χ2v) is 16.0. The summed E-state index contributed by atoms with van der Waals surface area (Å²) in [7, 11) is 0.859. The Bertz CT molecular complexity index is 946. The SMILES string of the molecule is O=C1PC2C(Oc3ccc(OC4CCCC5C6CCCCC6C(=O)PC45)cc3)CCCC2C2CCCCC12. The highest BCUT2D eigenvalue weighted by atomic mass is 31.1. The van der Waals surface area contributed by atoms with Gasteiger partial charge >= 0.3 is 0 Å². The van der Waals surface area contributed by atoms with Crippen LogP contribution in [0.5, 0.6) is 11.5 Å². The van der Waals surface area contributed by atoms with Crippen molar-refractivity contribution >= 4 is 28.2 Å². The molecule has 206 valence electrons. The van der Waals surface area contributed by atoms with Gasteiger partial charge in [-0.3, -0.25) is 9.59 Å². The molecule has 12 atom stereocenters. The monoisotopic (exact) mass is 554 g/mol. The number of carbonyl (C=O) groups excluding carboxylic acids is 2. The lowest BCUT2D eigenvalue weighted by Gasteiger charge is -2.49. The van der Waals surface area contributed by atoms with Crippen molar-refractivity contribution in [3.8, 4) is 11.5 Å². The number of carbonyl (C=O) groups is 2. The highest BCUT2D eigenvalue weighted by molar-refractivity contribution is 7.59. The molecule has 6 fully saturated rings. The average molecular weight is 555 g/mol. The predicted octanol–water partition coefficient (Wildman–Crippen LogP) is 7.57. The van der Waals surface area contributed by atoms with Crippen LogP contribution in [0.4, 0.5) is 0 Å². The fourth-order valence-electron chi connectivity index (χ4n) is 9.49. The van der Waals surface area contributed by atoms with Crippen LogP contribution in [0.2, 0.25) is 0 Å². The Morgan fingerprint density at radius 2 is 0.895 bits per heavy atom. The number of hydrogen-bond donors (Lipinski definition) is 0. The van der Waals surface area contributed by atoms with Gasteiger partial charge in [0.2, 0.25) is 0 Å². The minimum absolute atomic E-state index is 0.169. The van der Waals surface area contributed by atoms with Crippen molar-refractivity contribution in [3.05, 3.63) is 24.3 Å². The quantitative estimate of drug-likeness (QED) is 0.360. The molecule has 12 unspecified atom stereocenters. The molecule has 7 rings (SSSR count). The number of rotatable bonds is 4. The van der Waals surface area contributed by atoms with E-state index in [9.17, 15) is 9.59 Å². The summed E-state index contributed by atoms with van der Waals surface area (Å²) in [6.45, 7) is 0. The van der Waals surface area contributed by atoms with Gasteiger partial charge in [-0.2, -0.15) is 0 Å². The molecule has 2 saturated heterocycles. The van der Waals surface area contributed by atoms with E-state index < -0.39 is 0 Å². The van der Waals surface area contributed by atoms with Crippen molar-refractivity contribution in [2.75, 3.05) is 0 Å². The van der Waals surface area contributed by atoms with E-state index >= 15 is 0 Å². The molecular weight excluding hydrogens is 510 g/mol. The Balaban J connectivity index is 1.00. The lowest BCUT2D eigenvalue weighted by atomic mass is 9.67. The molecule has 0 bridgehead atoms. The van der Waals surface area contributed by atoms with E-state index in [1.807, 2.05) is 0 Å². The Morgan fingerprint density at radius 1 is 0.500 bits per heavy atom. The van der Waals surface area contributed by atoms with Gasteiger partial charge in [0.1, 0.15) is 23.7 Å². The van der Waals surface area contributed by atoms with E-state index in [0.717, 1.165) is 37.2 Å². The van der Waals surface area contributed by atoms with Crippen molar-refractivity contribution in [1.29, 1.82) is 0 Å². The molecule has 0 N–H and O–H groups in total. The summed E-state index contributed by atoms with van der Waals surface area (Å²) < 4.78 is 13.2. The summed E-state index contributed by atoms with van der Waals surface area (Å²) in [4.78, 5) is 26.1. The molecule has 4 saturated carbocycles. The molecule has 6 heteroatoms. The number of benzene rings is 1. The third-order valence-electron chi connectivity index (χ3n) is 11.2. The molecule has 1 aromatic carbocycles. The maximum atomic E-state index is 13.0. The van der Waals surface area contributed by atoms with Gasteiger partial charge in [-0.1, -0.05) is 25.7 Å². The fraction of sp³-hybridized carbons (Fsp3) is 0.750. The molecule has 1 aromatic rings. The first-order valence-electron chi connectivity index (χ1n) is 15.7. The minimum atomic E-state index is 0.169. The average Bonchev–Trinajstić information content (AvgIpc) is 2.95. The maximum Gasteiger partial charge on any atom is 0.155 e. The largest absolute Gasteiger partial charge is 0.490 e. The van der Waals surface area contributed by atoms with Crippen LogP contribution in [0.25, 0.3) is 0 Å². The number of ether oxygens (including phenoxy) is 2. The Hall–Kier alpha value is -0.980. The standard InChI is InChI=1S/C32H44O4P2/c33-31-25-9-3-1-7-21(25)23-11-5-13-27(29(23)37-31)35-19-15-17-20(18-16-19)36-28-14-6-12-24-22-8-2-4-10-26(22)32(34)38-30(24)28/h15-18,21-30,37-38H,1-14H2. The zero-order valence-electron chi connectivity index (χ0n) is 22.6. The van der Waals surface area contributed by atoms with Crippen LogP contribution in [0.15, 0.2) is 24.3 Å². The first kappa shape index (κ1) is 26.0. The Kier molecular flexibility index (Phi) is 7.60. The van der Waals surface area contributed by atoms with Crippen LogP contribution in [0.3, 0.4) is 0 Å². The lowest BCUT2D eigenvalue weighted by molar-refractivity contribution is -0.120. The van der Waals surface area contributed by atoms with Gasteiger partial charge in [-0.25, -0.2) is 0 Å². The van der Waals surface area contributed by atoms with Crippen molar-refractivity contribution in [2.45, 2.75) is 113 Å². The van der Waals surface area contributed by atoms with Crippen LogP contribution in [0, 0.1) is 35.5 Å². The van der Waals surface area contributed by atoms with Crippen LogP contribution < -0.4 is 9.47 Å². The zero-order valence-corrected chi connectivity index (χ0v) is 24.6. The Morgan fingerprint density at radius 3 is 1.34 bits per heavy atom. The van der Waals surface area contributed by atoms with Crippen molar-refractivity contribution in [3.63, 3.8) is 0 Å². The first-order valence-corrected chi connectivity index (χ1v) is 17.9. The topological polar surface area (TPSA) is 52.6 Å². The minimum Gasteiger partial charge on any atom is -0.490 e. The summed E-state index contributed by atoms with van der Waals surface area (Å²) in [6, 6.07) is 8.29. The predicted molar refractivity (Wildman–Crippen MR) is 155 cm³/mol. The summed E-state index contributed by atoms with van der Waals surface area (Å²) in [6.07, 6.45) is 17.3. The zero-order chi connectivity index (χ0) is 25.6. The van der Waals surface area contributed by atoms with Crippen LogP contribution in [-0.2, 0) is 9.59 Å². The molecule has 6 aliphatic rings. The summed E-state index contributed by atoms with van der Waals surface area (Å²) in [5.41, 5.74) is 1.92. The molecular formula is C32H44O4P2. The molecule has 0 aromatic heterocycles. The highest BCUT2D eigenvalue weighted by Crippen LogP contribution is 2.56. The third kappa shape index (κ3) is 4.89. The van der Waals surface area contributed by atoms with E-state index in [1.165, 1.54) is 64.2 Å². The Labute approximate surface area is 231 Å². The first-order chi connectivity index (χ1) is 18.7. The van der Waals surface area contributed by atoms with E-state index in [0.29, 0.717) is 75.0 Å². The molecule has 2 aliphatic heterocycles. The number of fused-ring (bicyclic) bond motifs is 6. The maximum absolute atomic E-state index is 13.0. The molecule has 2 heterocycles. The number of hydrogen-bond acceptors (Lipinski definition) is 4. The van der Waals surface area contributed by atoms with Crippen LogP contribution >= 0.6 is 17.2 Å². The van der Waals surface area contributed by atoms with E-state index in [1.54, 1.807) is 0 Å². The van der Waals surface area contributed by atoms with E-state index in [4.69, 9.17) is 9.47 Å².